The van der Waals surface area contributed by atoms with Crippen LogP contribution in [0.1, 0.15) is 48.4 Å². The fourth-order valence-corrected chi connectivity index (χ4v) is 3.68. The molecule has 1 aromatic heterocycles. The summed E-state index contributed by atoms with van der Waals surface area (Å²) in [6.45, 7) is 1.97. The number of carbonyl (C=O) groups excluding carboxylic acids is 4. The van der Waals surface area contributed by atoms with E-state index in [2.05, 4.69) is 15.6 Å². The maximum atomic E-state index is 12.8. The molecule has 0 bridgehead atoms. The molecule has 0 atom stereocenters. The molecule has 2 aromatic carbocycles. The summed E-state index contributed by atoms with van der Waals surface area (Å²) in [6, 6.07) is 10.9. The van der Waals surface area contributed by atoms with Crippen molar-refractivity contribution >= 4 is 45.8 Å². The van der Waals surface area contributed by atoms with Crippen LogP contribution in [0.4, 0.5) is 10.8 Å². The Morgan fingerprint density at radius 2 is 1.77 bits per heavy atom. The zero-order valence-corrected chi connectivity index (χ0v) is 16.7. The van der Waals surface area contributed by atoms with Gasteiger partial charge in [-0.25, -0.2) is 4.98 Å². The number of nitrogens with one attached hydrogen (secondary N) is 2. The Balaban J connectivity index is 1.57. The van der Waals surface area contributed by atoms with Crippen molar-refractivity contribution in [2.24, 2.45) is 0 Å². The Hall–Kier alpha value is -3.85. The molecule has 8 nitrogen and oxygen atoms in total. The lowest BCUT2D eigenvalue weighted by Gasteiger charge is -2.11. The third-order valence-electron chi connectivity index (χ3n) is 4.62. The molecule has 2 heterocycles. The molecule has 1 aliphatic rings. The van der Waals surface area contributed by atoms with Crippen molar-refractivity contribution in [3.8, 4) is 0 Å². The van der Waals surface area contributed by atoms with E-state index in [1.807, 2.05) is 0 Å². The summed E-state index contributed by atoms with van der Waals surface area (Å²) in [5, 5.41) is 7.57. The Bertz CT molecular complexity index is 1170. The van der Waals surface area contributed by atoms with Crippen molar-refractivity contribution in [1.82, 2.24) is 9.88 Å². The van der Waals surface area contributed by atoms with Crippen molar-refractivity contribution < 1.29 is 19.2 Å². The number of imide groups is 1. The van der Waals surface area contributed by atoms with Gasteiger partial charge in [-0.05, 0) is 37.3 Å². The first kappa shape index (κ1) is 19.5. The quantitative estimate of drug-likeness (QED) is 0.616. The molecule has 0 spiro atoms. The van der Waals surface area contributed by atoms with Crippen LogP contribution in [0.2, 0.25) is 0 Å². The summed E-state index contributed by atoms with van der Waals surface area (Å²) in [5.74, 6) is -1.69. The van der Waals surface area contributed by atoms with E-state index in [4.69, 9.17) is 0 Å². The first-order valence-corrected chi connectivity index (χ1v) is 9.99. The standard InChI is InChI=1S/C21H16N4O4S/c1-2-25-19(28)13-8-7-12(11-15(13)20(25)29)17(26)23-16-6-4-3-5-14(16)18(27)24-21-22-9-10-30-21/h3-11H,2H2,1H3,(H,23,26)(H,22,24,27). The third kappa shape index (κ3) is 3.46. The molecule has 1 aliphatic heterocycles. The summed E-state index contributed by atoms with van der Waals surface area (Å²) in [5.41, 5.74) is 1.27. The van der Waals surface area contributed by atoms with E-state index in [9.17, 15) is 19.2 Å². The number of fused-ring (bicyclic) bond motifs is 1. The SMILES string of the molecule is CCN1C(=O)c2ccc(C(=O)Nc3ccccc3C(=O)Nc3nccs3)cc2C1=O. The van der Waals surface area contributed by atoms with Crippen LogP contribution in [0.15, 0.2) is 54.0 Å². The third-order valence-corrected chi connectivity index (χ3v) is 5.31. The van der Waals surface area contributed by atoms with E-state index in [0.717, 1.165) is 4.90 Å². The second-order valence-electron chi connectivity index (χ2n) is 6.41. The number of benzene rings is 2. The summed E-state index contributed by atoms with van der Waals surface area (Å²) >= 11 is 1.28. The highest BCUT2D eigenvalue weighted by Crippen LogP contribution is 2.25. The van der Waals surface area contributed by atoms with Crippen molar-refractivity contribution in [3.05, 3.63) is 76.3 Å². The second-order valence-corrected chi connectivity index (χ2v) is 7.30. The minimum Gasteiger partial charge on any atom is -0.321 e. The smallest absolute Gasteiger partial charge is 0.261 e. The Labute approximate surface area is 175 Å². The average molecular weight is 420 g/mol. The molecule has 150 valence electrons. The fraction of sp³-hybridized carbons (Fsp3) is 0.0952. The van der Waals surface area contributed by atoms with Crippen LogP contribution in [0, 0.1) is 0 Å². The number of para-hydroxylation sites is 1. The van der Waals surface area contributed by atoms with Crippen molar-refractivity contribution in [2.45, 2.75) is 6.92 Å². The summed E-state index contributed by atoms with van der Waals surface area (Å²) < 4.78 is 0. The number of nitrogens with zero attached hydrogens (tertiary/aromatic N) is 2. The molecule has 3 aromatic rings. The maximum absolute atomic E-state index is 12.8. The molecule has 0 aliphatic carbocycles. The number of rotatable bonds is 5. The van der Waals surface area contributed by atoms with Crippen LogP contribution in [-0.2, 0) is 0 Å². The van der Waals surface area contributed by atoms with Gasteiger partial charge in [0.15, 0.2) is 5.13 Å². The van der Waals surface area contributed by atoms with Crippen molar-refractivity contribution in [1.29, 1.82) is 0 Å². The second kappa shape index (κ2) is 7.88. The minimum atomic E-state index is -0.498. The highest BCUT2D eigenvalue weighted by molar-refractivity contribution is 7.13. The van der Waals surface area contributed by atoms with Gasteiger partial charge >= 0.3 is 0 Å². The molecule has 4 rings (SSSR count). The van der Waals surface area contributed by atoms with Crippen LogP contribution in [0.5, 0.6) is 0 Å². The van der Waals surface area contributed by atoms with Gasteiger partial charge < -0.3 is 5.32 Å². The van der Waals surface area contributed by atoms with E-state index < -0.39 is 17.7 Å². The molecular weight excluding hydrogens is 404 g/mol. The zero-order valence-electron chi connectivity index (χ0n) is 15.8. The highest BCUT2D eigenvalue weighted by Gasteiger charge is 2.34. The summed E-state index contributed by atoms with van der Waals surface area (Å²) in [6.07, 6.45) is 1.58. The number of hydrogen-bond donors (Lipinski definition) is 2. The monoisotopic (exact) mass is 420 g/mol. The lowest BCUT2D eigenvalue weighted by molar-refractivity contribution is 0.0662. The van der Waals surface area contributed by atoms with Gasteiger partial charge in [0.25, 0.3) is 23.6 Å². The lowest BCUT2D eigenvalue weighted by atomic mass is 10.0. The Kier molecular flexibility index (Phi) is 5.11. The summed E-state index contributed by atoms with van der Waals surface area (Å²) in [4.78, 5) is 55.1. The molecule has 30 heavy (non-hydrogen) atoms. The molecule has 0 fully saturated rings. The largest absolute Gasteiger partial charge is 0.321 e. The first-order chi connectivity index (χ1) is 14.5. The number of hydrogen-bond acceptors (Lipinski definition) is 6. The fourth-order valence-electron chi connectivity index (χ4n) is 3.15. The van der Waals surface area contributed by atoms with Crippen molar-refractivity contribution in [2.75, 3.05) is 17.2 Å². The van der Waals surface area contributed by atoms with Crippen LogP contribution in [-0.4, -0.2) is 40.1 Å². The Morgan fingerprint density at radius 1 is 1.00 bits per heavy atom. The highest BCUT2D eigenvalue weighted by atomic mass is 32.1. The van der Waals surface area contributed by atoms with Gasteiger partial charge in [0, 0.05) is 23.7 Å². The molecule has 0 unspecified atom stereocenters. The van der Waals surface area contributed by atoms with Gasteiger partial charge in [-0.1, -0.05) is 12.1 Å². The number of amides is 4. The van der Waals surface area contributed by atoms with Gasteiger partial charge in [0.2, 0.25) is 0 Å². The molecule has 2 N–H and O–H groups in total. The van der Waals surface area contributed by atoms with E-state index in [1.54, 1.807) is 42.8 Å². The van der Waals surface area contributed by atoms with Crippen LogP contribution in [0.25, 0.3) is 0 Å². The number of carbonyl (C=O) groups is 4. The maximum Gasteiger partial charge on any atom is 0.261 e. The normalized spacial score (nSPS) is 12.6. The predicted octanol–water partition coefficient (Wildman–Crippen LogP) is 3.26. The minimum absolute atomic E-state index is 0.198. The van der Waals surface area contributed by atoms with E-state index in [0.29, 0.717) is 10.8 Å². The van der Waals surface area contributed by atoms with Gasteiger partial charge in [0.05, 0.1) is 22.4 Å². The summed E-state index contributed by atoms with van der Waals surface area (Å²) in [7, 11) is 0. The molecule has 0 saturated carbocycles. The van der Waals surface area contributed by atoms with Gasteiger partial charge in [-0.3, -0.25) is 29.4 Å². The Morgan fingerprint density at radius 3 is 2.50 bits per heavy atom. The lowest BCUT2D eigenvalue weighted by Crippen LogP contribution is -2.29. The molecule has 9 heteroatoms. The topological polar surface area (TPSA) is 108 Å². The molecular formula is C21H16N4O4S. The van der Waals surface area contributed by atoms with Crippen LogP contribution in [0.3, 0.4) is 0 Å². The van der Waals surface area contributed by atoms with E-state index in [-0.39, 0.29) is 34.7 Å². The van der Waals surface area contributed by atoms with Crippen LogP contribution >= 0.6 is 11.3 Å². The number of thiazole rings is 1. The first-order valence-electron chi connectivity index (χ1n) is 9.11. The van der Waals surface area contributed by atoms with E-state index >= 15 is 0 Å². The van der Waals surface area contributed by atoms with Gasteiger partial charge in [0.1, 0.15) is 0 Å². The van der Waals surface area contributed by atoms with Gasteiger partial charge in [-0.2, -0.15) is 0 Å². The number of aromatic nitrogens is 1. The van der Waals surface area contributed by atoms with E-state index in [1.165, 1.54) is 29.5 Å². The zero-order chi connectivity index (χ0) is 21.3. The molecule has 0 radical (unpaired) electrons. The predicted molar refractivity (Wildman–Crippen MR) is 112 cm³/mol. The molecule has 0 saturated heterocycles. The van der Waals surface area contributed by atoms with Crippen molar-refractivity contribution in [3.63, 3.8) is 0 Å². The number of anilines is 2. The van der Waals surface area contributed by atoms with Crippen LogP contribution < -0.4 is 10.6 Å². The average Bonchev–Trinajstić information content (AvgIpc) is 3.34. The molecule has 4 amide bonds. The van der Waals surface area contributed by atoms with Gasteiger partial charge in [-0.15, -0.1) is 11.3 Å².